The molecular weight excluding hydrogens is 401 g/mol. The number of hydrogen-bond donors (Lipinski definition) is 0. The summed E-state index contributed by atoms with van der Waals surface area (Å²) in [6.07, 6.45) is 1.97. The van der Waals surface area contributed by atoms with Crippen LogP contribution in [0, 0.1) is 0 Å². The van der Waals surface area contributed by atoms with E-state index in [1.165, 1.54) is 0 Å². The minimum atomic E-state index is -1.99. The molecule has 0 spiro atoms. The Morgan fingerprint density at radius 2 is 1.89 bits per heavy atom. The fraction of sp³-hybridized carbons (Fsp3) is 0.778. The molecule has 0 radical (unpaired) electrons. The molecule has 2 fully saturated rings. The number of alkyl halides is 6. The van der Waals surface area contributed by atoms with Crippen LogP contribution in [0.5, 0.6) is 0 Å². The quantitative estimate of drug-likeness (QED) is 0.451. The van der Waals surface area contributed by atoms with Crippen molar-refractivity contribution in [1.82, 2.24) is 0 Å². The highest BCUT2D eigenvalue weighted by Crippen LogP contribution is 2.75. The molecule has 0 amide bonds. The molecule has 1 saturated carbocycles. The molecule has 3 rings (SSSR count). The van der Waals surface area contributed by atoms with Crippen molar-refractivity contribution >= 4 is 80.7 Å². The van der Waals surface area contributed by atoms with Crippen LogP contribution < -0.4 is 0 Å². The SMILES string of the molecule is O=S1OOC2=CCC(Cl)C(Cl)(Cl)C2(Cl)C2(Cl)CC12Cl. The zero-order valence-electron chi connectivity index (χ0n) is 8.97. The molecule has 19 heavy (non-hydrogen) atoms. The highest BCUT2D eigenvalue weighted by atomic mass is 35.5. The normalized spacial score (nSPS) is 55.2. The Bertz CT molecular complexity index is 512. The summed E-state index contributed by atoms with van der Waals surface area (Å²) in [6.45, 7) is 0. The predicted octanol–water partition coefficient (Wildman–Crippen LogP) is 3.97. The second-order valence-electron chi connectivity index (χ2n) is 4.65. The van der Waals surface area contributed by atoms with Crippen LogP contribution in [-0.4, -0.2) is 27.9 Å². The van der Waals surface area contributed by atoms with E-state index in [4.69, 9.17) is 78.8 Å². The van der Waals surface area contributed by atoms with Crippen LogP contribution in [0.25, 0.3) is 0 Å². The highest BCUT2D eigenvalue weighted by Gasteiger charge is 2.87. The van der Waals surface area contributed by atoms with Gasteiger partial charge in [0.25, 0.3) is 0 Å². The lowest BCUT2D eigenvalue weighted by Crippen LogP contribution is -2.59. The monoisotopic (exact) mass is 404 g/mol. The van der Waals surface area contributed by atoms with Crippen molar-refractivity contribution in [3.63, 3.8) is 0 Å². The largest absolute Gasteiger partial charge is 0.326 e. The van der Waals surface area contributed by atoms with Crippen molar-refractivity contribution in [3.8, 4) is 0 Å². The molecule has 5 atom stereocenters. The molecule has 10 heteroatoms. The third-order valence-corrected chi connectivity index (χ3v) is 9.55. The molecule has 5 unspecified atom stereocenters. The summed E-state index contributed by atoms with van der Waals surface area (Å²) in [5.41, 5.74) is 0. The zero-order chi connectivity index (χ0) is 14.3. The van der Waals surface area contributed by atoms with Gasteiger partial charge in [0, 0.05) is 6.42 Å². The molecular formula is C9H6Cl6O3S. The average molecular weight is 407 g/mol. The summed E-state index contributed by atoms with van der Waals surface area (Å²) in [6, 6.07) is 0. The van der Waals surface area contributed by atoms with Crippen LogP contribution in [0.4, 0.5) is 0 Å². The Hall–Kier alpha value is 1.39. The van der Waals surface area contributed by atoms with E-state index in [2.05, 4.69) is 0 Å². The minimum Gasteiger partial charge on any atom is -0.326 e. The van der Waals surface area contributed by atoms with Crippen LogP contribution in [0.2, 0.25) is 0 Å². The fourth-order valence-electron chi connectivity index (χ4n) is 2.39. The van der Waals surface area contributed by atoms with Gasteiger partial charge < -0.3 is 4.89 Å². The minimum absolute atomic E-state index is 0.0828. The van der Waals surface area contributed by atoms with Crippen LogP contribution in [0.15, 0.2) is 11.8 Å². The zero-order valence-corrected chi connectivity index (χ0v) is 14.3. The molecule has 1 heterocycles. The third-order valence-electron chi connectivity index (χ3n) is 3.64. The van der Waals surface area contributed by atoms with Crippen molar-refractivity contribution in [1.29, 1.82) is 0 Å². The molecule has 108 valence electrons. The lowest BCUT2D eigenvalue weighted by atomic mass is 9.86. The maximum atomic E-state index is 11.9. The van der Waals surface area contributed by atoms with Crippen molar-refractivity contribution < 1.29 is 13.4 Å². The first-order valence-electron chi connectivity index (χ1n) is 5.17. The summed E-state index contributed by atoms with van der Waals surface area (Å²) in [5, 5.41) is -0.704. The Labute approximate surface area is 142 Å². The smallest absolute Gasteiger partial charge is 0.222 e. The molecule has 1 saturated heterocycles. The van der Waals surface area contributed by atoms with E-state index in [0.29, 0.717) is 6.42 Å². The number of halogens is 6. The van der Waals surface area contributed by atoms with Crippen LogP contribution in [-0.2, 0) is 20.3 Å². The second-order valence-corrected chi connectivity index (χ2v) is 9.94. The van der Waals surface area contributed by atoms with Crippen LogP contribution in [0.3, 0.4) is 0 Å². The first kappa shape index (κ1) is 15.3. The highest BCUT2D eigenvalue weighted by molar-refractivity contribution is 7.83. The summed E-state index contributed by atoms with van der Waals surface area (Å²) < 4.78 is 13.6. The average Bonchev–Trinajstić information content (AvgIpc) is 2.92. The molecule has 0 aromatic heterocycles. The Morgan fingerprint density at radius 1 is 1.26 bits per heavy atom. The third kappa shape index (κ3) is 1.61. The summed E-state index contributed by atoms with van der Waals surface area (Å²) in [4.78, 5) is 1.95. The van der Waals surface area contributed by atoms with Gasteiger partial charge in [-0.25, -0.2) is 4.21 Å². The number of fused-ring (bicyclic) bond motifs is 3. The lowest BCUT2D eigenvalue weighted by Gasteiger charge is -2.45. The molecule has 1 aliphatic heterocycles. The standard InChI is InChI=1S/C9H6Cl6O3S/c10-4-1-2-5-8(13,9(4,14)15)6(11)3-7(6,12)19(16)18-17-5/h2,4H,1,3H2. The van der Waals surface area contributed by atoms with E-state index >= 15 is 0 Å². The van der Waals surface area contributed by atoms with Gasteiger partial charge in [-0.3, -0.25) is 0 Å². The number of hydrogen-bond acceptors (Lipinski definition) is 3. The maximum Gasteiger partial charge on any atom is 0.222 e. The summed E-state index contributed by atoms with van der Waals surface area (Å²) in [5.74, 6) is 0.0828. The van der Waals surface area contributed by atoms with Gasteiger partial charge in [0.05, 0.1) is 5.38 Å². The van der Waals surface area contributed by atoms with E-state index in [0.717, 1.165) is 0 Å². The maximum absolute atomic E-state index is 11.9. The molecule has 0 aromatic rings. The van der Waals surface area contributed by atoms with Crippen molar-refractivity contribution in [2.75, 3.05) is 0 Å². The first-order chi connectivity index (χ1) is 8.61. The van der Waals surface area contributed by atoms with Gasteiger partial charge >= 0.3 is 0 Å². The van der Waals surface area contributed by atoms with Gasteiger partial charge in [-0.15, -0.1) is 34.8 Å². The molecule has 3 nitrogen and oxygen atoms in total. The van der Waals surface area contributed by atoms with Gasteiger partial charge in [-0.1, -0.05) is 39.1 Å². The van der Waals surface area contributed by atoms with Gasteiger partial charge in [0.15, 0.2) is 19.2 Å². The second kappa shape index (κ2) is 4.23. The van der Waals surface area contributed by atoms with Crippen LogP contribution in [0.1, 0.15) is 12.8 Å². The molecule has 0 N–H and O–H groups in total. The Morgan fingerprint density at radius 3 is 2.53 bits per heavy atom. The van der Waals surface area contributed by atoms with E-state index in [1.54, 1.807) is 6.08 Å². The van der Waals surface area contributed by atoms with E-state index < -0.39 is 34.7 Å². The van der Waals surface area contributed by atoms with Crippen molar-refractivity contribution in [2.45, 2.75) is 36.5 Å². The lowest BCUT2D eigenvalue weighted by molar-refractivity contribution is -0.162. The van der Waals surface area contributed by atoms with Crippen LogP contribution >= 0.6 is 69.6 Å². The van der Waals surface area contributed by atoms with Gasteiger partial charge in [0.2, 0.25) is 11.1 Å². The Kier molecular flexibility index (Phi) is 3.40. The molecule has 0 bridgehead atoms. The van der Waals surface area contributed by atoms with Gasteiger partial charge in [0.1, 0.15) is 4.87 Å². The molecule has 2 aliphatic carbocycles. The number of rotatable bonds is 0. The van der Waals surface area contributed by atoms with E-state index in [9.17, 15) is 4.21 Å². The van der Waals surface area contributed by atoms with Gasteiger partial charge in [-0.05, 0) is 12.5 Å². The summed E-state index contributed by atoms with van der Waals surface area (Å²) >= 11 is 36.0. The van der Waals surface area contributed by atoms with Crippen molar-refractivity contribution in [3.05, 3.63) is 11.8 Å². The first-order valence-corrected chi connectivity index (χ1v) is 8.57. The number of allylic oxidation sites excluding steroid dienone is 2. The van der Waals surface area contributed by atoms with Gasteiger partial charge in [-0.2, -0.15) is 0 Å². The predicted molar refractivity (Wildman–Crippen MR) is 77.5 cm³/mol. The van der Waals surface area contributed by atoms with Crippen molar-refractivity contribution in [2.24, 2.45) is 0 Å². The van der Waals surface area contributed by atoms with E-state index in [-0.39, 0.29) is 12.2 Å². The summed E-state index contributed by atoms with van der Waals surface area (Å²) in [7, 11) is 0. The molecule has 3 aliphatic rings. The van der Waals surface area contributed by atoms with E-state index in [1.807, 2.05) is 0 Å². The molecule has 0 aromatic carbocycles. The Balaban J connectivity index is 2.22. The topological polar surface area (TPSA) is 35.5 Å². The fourth-order valence-corrected chi connectivity index (χ4v) is 6.25.